The molecular formula is C18H16Cl2O5P+. The normalized spacial score (nSPS) is 12.3. The molecular weight excluding hydrogens is 398 g/mol. The second-order valence-corrected chi connectivity index (χ2v) is 7.95. The number of halogens is 2. The van der Waals surface area contributed by atoms with Crippen molar-refractivity contribution in [2.45, 2.75) is 12.6 Å². The third-order valence-corrected chi connectivity index (χ3v) is 5.97. The first-order chi connectivity index (χ1) is 12.3. The van der Waals surface area contributed by atoms with Gasteiger partial charge in [-0.1, -0.05) is 39.9 Å². The standard InChI is InChI=1S/C18H16Cl2O5P/c1-10(17(21)15-11(19)6-4-7-12(15)20)26(23)18(22)16-13(24-2)8-5-9-14(16)25-3/h4-10H,1-3H3/q+1. The van der Waals surface area contributed by atoms with Gasteiger partial charge in [0.25, 0.3) is 0 Å². The van der Waals surface area contributed by atoms with E-state index >= 15 is 0 Å². The van der Waals surface area contributed by atoms with Crippen molar-refractivity contribution in [1.29, 1.82) is 0 Å². The van der Waals surface area contributed by atoms with Crippen molar-refractivity contribution >= 4 is 42.3 Å². The van der Waals surface area contributed by atoms with Crippen molar-refractivity contribution in [1.82, 2.24) is 0 Å². The fourth-order valence-corrected chi connectivity index (χ4v) is 4.11. The highest BCUT2D eigenvalue weighted by atomic mass is 35.5. The summed E-state index contributed by atoms with van der Waals surface area (Å²) in [7, 11) is 0.145. The number of benzene rings is 2. The molecule has 8 heteroatoms. The molecule has 0 spiro atoms. The number of Topliss-reactive ketones (excluding diaryl/α,β-unsaturated/α-hetero) is 1. The molecule has 2 unspecified atom stereocenters. The van der Waals surface area contributed by atoms with Gasteiger partial charge in [0.1, 0.15) is 11.5 Å². The van der Waals surface area contributed by atoms with Gasteiger partial charge in [0.15, 0.2) is 5.56 Å². The van der Waals surface area contributed by atoms with Crippen molar-refractivity contribution < 1.29 is 23.6 Å². The van der Waals surface area contributed by atoms with Gasteiger partial charge < -0.3 is 9.47 Å². The zero-order valence-electron chi connectivity index (χ0n) is 14.3. The predicted molar refractivity (Wildman–Crippen MR) is 102 cm³/mol. The molecule has 0 radical (unpaired) electrons. The van der Waals surface area contributed by atoms with E-state index in [9.17, 15) is 14.2 Å². The number of methoxy groups -OCH3 is 2. The average molecular weight is 414 g/mol. The van der Waals surface area contributed by atoms with Gasteiger partial charge in [-0.3, -0.25) is 4.79 Å². The van der Waals surface area contributed by atoms with Crippen molar-refractivity contribution in [2.75, 3.05) is 14.2 Å². The molecule has 5 nitrogen and oxygen atoms in total. The molecule has 0 saturated carbocycles. The Bertz CT molecular complexity index is 839. The third kappa shape index (κ3) is 3.90. The van der Waals surface area contributed by atoms with Crippen LogP contribution in [0, 0.1) is 0 Å². The Kier molecular flexibility index (Phi) is 6.76. The first kappa shape index (κ1) is 20.4. The molecule has 0 aliphatic heterocycles. The molecule has 2 atom stereocenters. The van der Waals surface area contributed by atoms with Crippen LogP contribution in [0.2, 0.25) is 10.0 Å². The van der Waals surface area contributed by atoms with E-state index in [1.54, 1.807) is 24.3 Å². The first-order valence-electron chi connectivity index (χ1n) is 7.53. The van der Waals surface area contributed by atoms with Crippen LogP contribution in [0.4, 0.5) is 0 Å². The zero-order valence-corrected chi connectivity index (χ0v) is 16.7. The van der Waals surface area contributed by atoms with E-state index in [0.29, 0.717) is 0 Å². The number of hydrogen-bond acceptors (Lipinski definition) is 5. The minimum atomic E-state index is -2.63. The third-order valence-electron chi connectivity index (χ3n) is 3.78. The van der Waals surface area contributed by atoms with Crippen molar-refractivity contribution in [3.05, 3.63) is 57.6 Å². The quantitative estimate of drug-likeness (QED) is 0.457. The maximum absolute atomic E-state index is 12.8. The monoisotopic (exact) mass is 413 g/mol. The lowest BCUT2D eigenvalue weighted by molar-refractivity contribution is 0.0982. The van der Waals surface area contributed by atoms with Crippen LogP contribution in [-0.4, -0.2) is 31.2 Å². The molecule has 0 heterocycles. The van der Waals surface area contributed by atoms with Crippen LogP contribution < -0.4 is 9.47 Å². The Morgan fingerprint density at radius 1 is 0.923 bits per heavy atom. The molecule has 0 aliphatic carbocycles. The van der Waals surface area contributed by atoms with Crippen molar-refractivity contribution in [3.8, 4) is 11.5 Å². The summed E-state index contributed by atoms with van der Waals surface area (Å²) in [5.74, 6) is -0.134. The molecule has 2 aromatic carbocycles. The molecule has 0 fully saturated rings. The number of ketones is 1. The maximum atomic E-state index is 12.8. The largest absolute Gasteiger partial charge is 0.496 e. The van der Waals surface area contributed by atoms with Crippen LogP contribution in [0.3, 0.4) is 0 Å². The van der Waals surface area contributed by atoms with Gasteiger partial charge >= 0.3 is 13.3 Å². The van der Waals surface area contributed by atoms with Crippen LogP contribution >= 0.6 is 31.0 Å². The van der Waals surface area contributed by atoms with Crippen LogP contribution in [-0.2, 0) is 4.57 Å². The Morgan fingerprint density at radius 2 is 1.38 bits per heavy atom. The summed E-state index contributed by atoms with van der Waals surface area (Å²) in [5, 5.41) is 0.278. The van der Waals surface area contributed by atoms with E-state index < -0.39 is 24.8 Å². The number of hydrogen-bond donors (Lipinski definition) is 0. The van der Waals surface area contributed by atoms with E-state index in [1.165, 1.54) is 33.3 Å². The van der Waals surface area contributed by atoms with Crippen LogP contribution in [0.1, 0.15) is 27.6 Å². The molecule has 0 N–H and O–H groups in total. The molecule has 0 bridgehead atoms. The fraction of sp³-hybridized carbons (Fsp3) is 0.222. The molecule has 136 valence electrons. The highest BCUT2D eigenvalue weighted by Crippen LogP contribution is 2.42. The van der Waals surface area contributed by atoms with Crippen molar-refractivity contribution in [3.63, 3.8) is 0 Å². The smallest absolute Gasteiger partial charge is 0.431 e. The zero-order chi connectivity index (χ0) is 19.4. The highest BCUT2D eigenvalue weighted by Gasteiger charge is 2.44. The van der Waals surface area contributed by atoms with E-state index in [1.807, 2.05) is 0 Å². The van der Waals surface area contributed by atoms with Gasteiger partial charge in [-0.25, -0.2) is 4.79 Å². The molecule has 26 heavy (non-hydrogen) atoms. The topological polar surface area (TPSA) is 69.7 Å². The van der Waals surface area contributed by atoms with Gasteiger partial charge in [-0.05, 0) is 31.2 Å². The van der Waals surface area contributed by atoms with Gasteiger partial charge in [0.2, 0.25) is 11.4 Å². The Hall–Kier alpha value is -1.94. The lowest BCUT2D eigenvalue weighted by Crippen LogP contribution is -2.17. The van der Waals surface area contributed by atoms with Gasteiger partial charge in [0.05, 0.1) is 29.8 Å². The number of carbonyl (C=O) groups is 2. The SMILES string of the molecule is COc1cccc(OC)c1C(=O)[P+](=O)C(C)C(=O)c1c(Cl)cccc1Cl. The molecule has 0 aliphatic rings. The van der Waals surface area contributed by atoms with Crippen LogP contribution in [0.5, 0.6) is 11.5 Å². The minimum absolute atomic E-state index is 0.0310. The van der Waals surface area contributed by atoms with Gasteiger partial charge in [0, 0.05) is 0 Å². The number of ether oxygens (including phenoxy) is 2. The molecule has 2 rings (SSSR count). The maximum Gasteiger partial charge on any atom is 0.431 e. The lowest BCUT2D eigenvalue weighted by Gasteiger charge is -2.09. The summed E-state index contributed by atoms with van der Waals surface area (Å²) in [5.41, 5.74) is -1.78. The second kappa shape index (κ2) is 8.63. The molecule has 2 aromatic rings. The summed E-state index contributed by atoms with van der Waals surface area (Å²) in [6, 6.07) is 9.35. The Morgan fingerprint density at radius 3 is 1.85 bits per heavy atom. The molecule has 0 amide bonds. The van der Waals surface area contributed by atoms with Gasteiger partial charge in [-0.2, -0.15) is 0 Å². The predicted octanol–water partition coefficient (Wildman–Crippen LogP) is 5.25. The van der Waals surface area contributed by atoms with E-state index in [4.69, 9.17) is 32.7 Å². The molecule has 0 saturated heterocycles. The Balaban J connectivity index is 2.40. The average Bonchev–Trinajstić information content (AvgIpc) is 2.65. The fourth-order valence-electron chi connectivity index (χ4n) is 2.40. The number of carbonyl (C=O) groups excluding carboxylic acids is 2. The first-order valence-corrected chi connectivity index (χ1v) is 9.61. The summed E-state index contributed by atoms with van der Waals surface area (Å²) in [6.45, 7) is 1.40. The second-order valence-electron chi connectivity index (χ2n) is 5.31. The Labute approximate surface area is 162 Å². The van der Waals surface area contributed by atoms with Crippen molar-refractivity contribution in [2.24, 2.45) is 0 Å². The van der Waals surface area contributed by atoms with Crippen LogP contribution in [0.15, 0.2) is 36.4 Å². The summed E-state index contributed by atoms with van der Waals surface area (Å²) < 4.78 is 23.1. The van der Waals surface area contributed by atoms with E-state index in [0.717, 1.165) is 0 Å². The summed E-state index contributed by atoms with van der Waals surface area (Å²) in [4.78, 5) is 25.5. The van der Waals surface area contributed by atoms with Crippen LogP contribution in [0.25, 0.3) is 0 Å². The molecule has 0 aromatic heterocycles. The minimum Gasteiger partial charge on any atom is -0.496 e. The summed E-state index contributed by atoms with van der Waals surface area (Å²) >= 11 is 12.1. The lowest BCUT2D eigenvalue weighted by atomic mass is 10.1. The van der Waals surface area contributed by atoms with Gasteiger partial charge in [-0.15, -0.1) is 0 Å². The van der Waals surface area contributed by atoms with E-state index in [2.05, 4.69) is 0 Å². The van der Waals surface area contributed by atoms with E-state index in [-0.39, 0.29) is 32.7 Å². The number of rotatable bonds is 7. The summed E-state index contributed by atoms with van der Waals surface area (Å²) in [6.07, 6.45) is 0. The highest BCUT2D eigenvalue weighted by molar-refractivity contribution is 7.66.